The Kier molecular flexibility index (Phi) is 4.19. The van der Waals surface area contributed by atoms with Gasteiger partial charge in [-0.3, -0.25) is 0 Å². The standard InChI is InChI=1S/C8H9ClFN3S/c9-7-5(4-11)2-1-3-6(7)13-8(12)14-10/h1-3H,4,11H2,(H2,12,13). The molecule has 6 heteroatoms. The Bertz CT molecular complexity index is 356. The number of amidine groups is 1. The second kappa shape index (κ2) is 5.19. The summed E-state index contributed by atoms with van der Waals surface area (Å²) >= 11 is 5.82. The lowest BCUT2D eigenvalue weighted by molar-refractivity contribution is 0.949. The third kappa shape index (κ3) is 2.60. The summed E-state index contributed by atoms with van der Waals surface area (Å²) in [7, 11) is 0. The van der Waals surface area contributed by atoms with E-state index in [9.17, 15) is 3.89 Å². The van der Waals surface area contributed by atoms with Gasteiger partial charge >= 0.3 is 0 Å². The molecule has 4 N–H and O–H groups in total. The molecule has 0 saturated heterocycles. The summed E-state index contributed by atoms with van der Waals surface area (Å²) in [5.41, 5.74) is 11.8. The molecular weight excluding hydrogens is 225 g/mol. The lowest BCUT2D eigenvalue weighted by Crippen LogP contribution is -2.03. The van der Waals surface area contributed by atoms with E-state index in [2.05, 4.69) is 4.99 Å². The van der Waals surface area contributed by atoms with Crippen molar-refractivity contribution >= 4 is 34.6 Å². The summed E-state index contributed by atoms with van der Waals surface area (Å²) in [6, 6.07) is 5.16. The highest BCUT2D eigenvalue weighted by atomic mass is 35.5. The van der Waals surface area contributed by atoms with Crippen molar-refractivity contribution in [3.63, 3.8) is 0 Å². The average molecular weight is 234 g/mol. The Labute approximate surface area is 90.6 Å². The van der Waals surface area contributed by atoms with Crippen LogP contribution >= 0.6 is 23.7 Å². The van der Waals surface area contributed by atoms with Crippen molar-refractivity contribution in [3.05, 3.63) is 28.8 Å². The molecule has 3 nitrogen and oxygen atoms in total. The zero-order valence-corrected chi connectivity index (χ0v) is 8.78. The van der Waals surface area contributed by atoms with Crippen LogP contribution in [-0.2, 0) is 6.54 Å². The quantitative estimate of drug-likeness (QED) is 0.609. The predicted octanol–water partition coefficient (Wildman–Crippen LogP) is 2.36. The lowest BCUT2D eigenvalue weighted by Gasteiger charge is -2.03. The van der Waals surface area contributed by atoms with Crippen LogP contribution in [0.4, 0.5) is 9.57 Å². The van der Waals surface area contributed by atoms with Crippen molar-refractivity contribution < 1.29 is 3.89 Å². The van der Waals surface area contributed by atoms with Gasteiger partial charge in [-0.2, -0.15) is 3.89 Å². The largest absolute Gasteiger partial charge is 0.376 e. The summed E-state index contributed by atoms with van der Waals surface area (Å²) in [6.07, 6.45) is 0. The molecule has 0 bridgehead atoms. The number of benzene rings is 1. The minimum Gasteiger partial charge on any atom is -0.376 e. The highest BCUT2D eigenvalue weighted by Crippen LogP contribution is 2.28. The van der Waals surface area contributed by atoms with E-state index < -0.39 is 0 Å². The first-order valence-electron chi connectivity index (χ1n) is 3.79. The van der Waals surface area contributed by atoms with Crippen LogP contribution in [-0.4, -0.2) is 5.17 Å². The van der Waals surface area contributed by atoms with Gasteiger partial charge in [0.25, 0.3) is 0 Å². The van der Waals surface area contributed by atoms with Gasteiger partial charge in [0, 0.05) is 6.54 Å². The molecule has 0 aliphatic heterocycles. The van der Waals surface area contributed by atoms with E-state index in [0.29, 0.717) is 17.3 Å². The van der Waals surface area contributed by atoms with Crippen LogP contribution in [0.25, 0.3) is 0 Å². The summed E-state index contributed by atoms with van der Waals surface area (Å²) < 4.78 is 12.0. The maximum absolute atomic E-state index is 12.0. The Morgan fingerprint density at radius 3 is 2.86 bits per heavy atom. The fourth-order valence-corrected chi connectivity index (χ4v) is 1.32. The number of hydrogen-bond donors (Lipinski definition) is 2. The van der Waals surface area contributed by atoms with E-state index in [0.717, 1.165) is 5.56 Å². The number of rotatable bonds is 2. The molecule has 1 aromatic carbocycles. The first-order valence-corrected chi connectivity index (χ1v) is 4.88. The zero-order valence-electron chi connectivity index (χ0n) is 7.21. The highest BCUT2D eigenvalue weighted by molar-refractivity contribution is 8.09. The van der Waals surface area contributed by atoms with Crippen LogP contribution in [0.3, 0.4) is 0 Å². The van der Waals surface area contributed by atoms with Crippen molar-refractivity contribution in [3.8, 4) is 0 Å². The summed E-state index contributed by atoms with van der Waals surface area (Å²) in [5, 5.41) is 0.230. The number of nitrogens with zero attached hydrogens (tertiary/aromatic N) is 1. The lowest BCUT2D eigenvalue weighted by atomic mass is 10.2. The molecule has 0 saturated carbocycles. The van der Waals surface area contributed by atoms with Crippen LogP contribution in [0.15, 0.2) is 23.2 Å². The second-order valence-corrected chi connectivity index (χ2v) is 3.43. The molecule has 1 rings (SSSR count). The molecule has 0 amide bonds. The number of nitrogens with two attached hydrogens (primary N) is 2. The summed E-state index contributed by atoms with van der Waals surface area (Å²) in [4.78, 5) is 3.78. The first kappa shape index (κ1) is 11.3. The molecule has 0 atom stereocenters. The van der Waals surface area contributed by atoms with Gasteiger partial charge in [0.05, 0.1) is 10.7 Å². The van der Waals surface area contributed by atoms with E-state index in [-0.39, 0.29) is 17.3 Å². The minimum atomic E-state index is -0.180. The minimum absolute atomic E-state index is 0.120. The molecule has 76 valence electrons. The van der Waals surface area contributed by atoms with Gasteiger partial charge in [-0.05, 0) is 11.6 Å². The second-order valence-electron chi connectivity index (χ2n) is 2.48. The topological polar surface area (TPSA) is 64.4 Å². The fraction of sp³-hybridized carbons (Fsp3) is 0.125. The van der Waals surface area contributed by atoms with Gasteiger partial charge < -0.3 is 11.5 Å². The van der Waals surface area contributed by atoms with Crippen LogP contribution in [0, 0.1) is 0 Å². The Hall–Kier alpha value is -0.780. The molecule has 0 unspecified atom stereocenters. The third-order valence-electron chi connectivity index (χ3n) is 1.59. The third-order valence-corrected chi connectivity index (χ3v) is 2.27. The van der Waals surface area contributed by atoms with Gasteiger partial charge in [-0.15, -0.1) is 0 Å². The molecule has 0 spiro atoms. The van der Waals surface area contributed by atoms with Gasteiger partial charge in [0.2, 0.25) is 0 Å². The smallest absolute Gasteiger partial charge is 0.192 e. The highest BCUT2D eigenvalue weighted by Gasteiger charge is 2.04. The van der Waals surface area contributed by atoms with Crippen LogP contribution < -0.4 is 11.5 Å². The van der Waals surface area contributed by atoms with Crippen molar-refractivity contribution in [1.29, 1.82) is 0 Å². The summed E-state index contributed by atoms with van der Waals surface area (Å²) in [5.74, 6) is 0. The molecule has 14 heavy (non-hydrogen) atoms. The SMILES string of the molecule is NCc1cccc(N=C(N)SF)c1Cl. The van der Waals surface area contributed by atoms with Crippen molar-refractivity contribution in [2.45, 2.75) is 6.54 Å². The number of hydrogen-bond acceptors (Lipinski definition) is 3. The normalized spacial score (nSPS) is 11.8. The number of halogens is 2. The molecule has 0 aliphatic carbocycles. The van der Waals surface area contributed by atoms with Crippen LogP contribution in [0.2, 0.25) is 5.02 Å². The van der Waals surface area contributed by atoms with E-state index >= 15 is 0 Å². The van der Waals surface area contributed by atoms with Gasteiger partial charge in [-0.25, -0.2) is 4.99 Å². The first-order chi connectivity index (χ1) is 6.69. The maximum Gasteiger partial charge on any atom is 0.192 e. The van der Waals surface area contributed by atoms with Crippen molar-refractivity contribution in [2.75, 3.05) is 0 Å². The fourth-order valence-electron chi connectivity index (χ4n) is 0.946. The Morgan fingerprint density at radius 1 is 1.57 bits per heavy atom. The average Bonchev–Trinajstić information content (AvgIpc) is 2.21. The molecule has 0 aromatic heterocycles. The van der Waals surface area contributed by atoms with Crippen molar-refractivity contribution in [2.24, 2.45) is 16.5 Å². The summed E-state index contributed by atoms with van der Waals surface area (Å²) in [6.45, 7) is 0.310. The molecular formula is C8H9ClFN3S. The van der Waals surface area contributed by atoms with Crippen LogP contribution in [0.1, 0.15) is 5.56 Å². The van der Waals surface area contributed by atoms with Gasteiger partial charge in [0.1, 0.15) is 12.1 Å². The van der Waals surface area contributed by atoms with Gasteiger partial charge in [0.15, 0.2) is 5.17 Å². The van der Waals surface area contributed by atoms with E-state index in [1.165, 1.54) is 0 Å². The van der Waals surface area contributed by atoms with Crippen LogP contribution in [0.5, 0.6) is 0 Å². The van der Waals surface area contributed by atoms with Gasteiger partial charge in [-0.1, -0.05) is 23.7 Å². The zero-order chi connectivity index (χ0) is 10.6. The number of aliphatic imine (C=N–C) groups is 1. The Morgan fingerprint density at radius 2 is 2.29 bits per heavy atom. The molecule has 0 radical (unpaired) electrons. The molecule has 1 aromatic rings. The monoisotopic (exact) mass is 233 g/mol. The van der Waals surface area contributed by atoms with Crippen molar-refractivity contribution in [1.82, 2.24) is 0 Å². The molecule has 0 aliphatic rings. The predicted molar refractivity (Wildman–Crippen MR) is 59.3 cm³/mol. The molecule has 0 fully saturated rings. The van der Waals surface area contributed by atoms with E-state index in [1.54, 1.807) is 18.2 Å². The van der Waals surface area contributed by atoms with E-state index in [4.69, 9.17) is 23.1 Å². The molecule has 0 heterocycles. The Balaban J connectivity index is 3.10. The van der Waals surface area contributed by atoms with E-state index in [1.807, 2.05) is 0 Å². The maximum atomic E-state index is 12.0.